The first-order valence-electron chi connectivity index (χ1n) is 6.33. The molecule has 94 valence electrons. The third-order valence-corrected chi connectivity index (χ3v) is 3.91. The predicted molar refractivity (Wildman–Crippen MR) is 75.2 cm³/mol. The Hall–Kier alpha value is -0.180. The highest BCUT2D eigenvalue weighted by Gasteiger charge is 2.28. The van der Waals surface area contributed by atoms with Crippen LogP contribution >= 0.6 is 11.8 Å². The Morgan fingerprint density at radius 1 is 1.44 bits per heavy atom. The van der Waals surface area contributed by atoms with E-state index >= 15 is 0 Å². The van der Waals surface area contributed by atoms with Crippen molar-refractivity contribution in [1.82, 2.24) is 5.32 Å². The van der Waals surface area contributed by atoms with Crippen molar-refractivity contribution in [2.45, 2.75) is 53.5 Å². The highest BCUT2D eigenvalue weighted by molar-refractivity contribution is 8.13. The summed E-state index contributed by atoms with van der Waals surface area (Å²) in [4.78, 5) is 4.66. The van der Waals surface area contributed by atoms with Crippen molar-refractivity contribution >= 4 is 16.9 Å². The molecule has 0 radical (unpaired) electrons. The van der Waals surface area contributed by atoms with Crippen molar-refractivity contribution < 1.29 is 0 Å². The van der Waals surface area contributed by atoms with Crippen molar-refractivity contribution in [3.8, 4) is 0 Å². The fourth-order valence-electron chi connectivity index (χ4n) is 1.70. The van der Waals surface area contributed by atoms with Gasteiger partial charge >= 0.3 is 0 Å². The van der Waals surface area contributed by atoms with Gasteiger partial charge in [-0.2, -0.15) is 0 Å². The van der Waals surface area contributed by atoms with E-state index in [4.69, 9.17) is 0 Å². The van der Waals surface area contributed by atoms with E-state index in [0.717, 1.165) is 17.6 Å². The molecule has 0 aromatic heterocycles. The van der Waals surface area contributed by atoms with Gasteiger partial charge in [-0.05, 0) is 24.2 Å². The normalized spacial score (nSPS) is 24.9. The van der Waals surface area contributed by atoms with Gasteiger partial charge in [0.25, 0.3) is 0 Å². The van der Waals surface area contributed by atoms with Crippen LogP contribution in [0.15, 0.2) is 4.99 Å². The molecule has 1 rings (SSSR count). The van der Waals surface area contributed by atoms with Crippen molar-refractivity contribution in [1.29, 1.82) is 0 Å². The summed E-state index contributed by atoms with van der Waals surface area (Å²) in [6.45, 7) is 12.4. The minimum atomic E-state index is 0.333. The van der Waals surface area contributed by atoms with Gasteiger partial charge in [-0.1, -0.05) is 46.4 Å². The third kappa shape index (κ3) is 4.77. The number of amidine groups is 1. The van der Waals surface area contributed by atoms with Crippen LogP contribution in [0.3, 0.4) is 0 Å². The van der Waals surface area contributed by atoms with Crippen molar-refractivity contribution in [2.24, 2.45) is 16.3 Å². The molecule has 1 aliphatic rings. The molecule has 0 amide bonds. The van der Waals surface area contributed by atoms with Crippen LogP contribution in [-0.2, 0) is 0 Å². The van der Waals surface area contributed by atoms with Gasteiger partial charge < -0.3 is 5.32 Å². The molecule has 1 heterocycles. The predicted octanol–water partition coefficient (Wildman–Crippen LogP) is 3.53. The summed E-state index contributed by atoms with van der Waals surface area (Å²) in [6, 6.07) is 0.576. The highest BCUT2D eigenvalue weighted by atomic mass is 32.2. The summed E-state index contributed by atoms with van der Waals surface area (Å²) in [5.41, 5.74) is 0.333. The smallest absolute Gasteiger partial charge is 0.156 e. The summed E-state index contributed by atoms with van der Waals surface area (Å²) in [6.07, 6.45) is 2.43. The van der Waals surface area contributed by atoms with Crippen LogP contribution in [0.25, 0.3) is 0 Å². The number of hydrogen-bond acceptors (Lipinski definition) is 2. The monoisotopic (exact) mass is 242 g/mol. The Kier molecular flexibility index (Phi) is 5.16. The molecule has 3 heteroatoms. The van der Waals surface area contributed by atoms with Crippen LogP contribution < -0.4 is 5.32 Å². The average Bonchev–Trinajstić information content (AvgIpc) is 2.16. The molecule has 0 aliphatic carbocycles. The maximum absolute atomic E-state index is 4.66. The van der Waals surface area contributed by atoms with Crippen molar-refractivity contribution in [2.75, 3.05) is 12.3 Å². The second-order valence-corrected chi connectivity index (χ2v) is 7.15. The van der Waals surface area contributed by atoms with E-state index in [0.29, 0.717) is 11.5 Å². The van der Waals surface area contributed by atoms with Crippen LogP contribution in [0, 0.1) is 11.3 Å². The summed E-state index contributed by atoms with van der Waals surface area (Å²) in [7, 11) is 0. The highest BCUT2D eigenvalue weighted by Crippen LogP contribution is 2.27. The Bertz CT molecular complexity index is 241. The molecule has 0 bridgehead atoms. The van der Waals surface area contributed by atoms with Crippen LogP contribution in [-0.4, -0.2) is 23.5 Å². The second-order valence-electron chi connectivity index (χ2n) is 6.07. The van der Waals surface area contributed by atoms with Crippen LogP contribution in [0.5, 0.6) is 0 Å². The standard InChI is InChI=1S/C13H26N2S/c1-10(2)6-8-14-12-15-11(7-9-16-12)13(3,4)5/h10-11H,6-9H2,1-5H3,(H,14,15). The number of nitrogens with one attached hydrogen (secondary N) is 1. The number of hydrogen-bond donors (Lipinski definition) is 1. The lowest BCUT2D eigenvalue weighted by Crippen LogP contribution is -2.46. The topological polar surface area (TPSA) is 24.4 Å². The molecule has 0 spiro atoms. The summed E-state index contributed by atoms with van der Waals surface area (Å²) in [5, 5.41) is 4.74. The maximum atomic E-state index is 4.66. The Morgan fingerprint density at radius 3 is 2.69 bits per heavy atom. The van der Waals surface area contributed by atoms with Crippen LogP contribution in [0.2, 0.25) is 0 Å². The van der Waals surface area contributed by atoms with Gasteiger partial charge in [0, 0.05) is 18.3 Å². The Balaban J connectivity index is 2.44. The number of rotatable bonds is 3. The molecule has 0 aromatic carbocycles. The molecule has 1 saturated heterocycles. The van der Waals surface area contributed by atoms with E-state index < -0.39 is 0 Å². The maximum Gasteiger partial charge on any atom is 0.156 e. The van der Waals surface area contributed by atoms with E-state index in [1.54, 1.807) is 0 Å². The van der Waals surface area contributed by atoms with Gasteiger partial charge in [0.05, 0.1) is 0 Å². The van der Waals surface area contributed by atoms with Gasteiger partial charge in [-0.15, -0.1) is 0 Å². The van der Waals surface area contributed by atoms with Gasteiger partial charge in [0.1, 0.15) is 0 Å². The van der Waals surface area contributed by atoms with E-state index in [2.05, 4.69) is 44.9 Å². The minimum Gasteiger partial charge on any atom is -0.362 e. The molecule has 0 saturated carbocycles. The minimum absolute atomic E-state index is 0.333. The van der Waals surface area contributed by atoms with Crippen molar-refractivity contribution in [3.63, 3.8) is 0 Å². The van der Waals surface area contributed by atoms with E-state index in [1.807, 2.05) is 11.8 Å². The number of thioether (sulfide) groups is 1. The molecular weight excluding hydrogens is 216 g/mol. The SMILES string of the molecule is CC(C)CCN=C1NC(C(C)(C)C)CCS1. The Morgan fingerprint density at radius 2 is 2.12 bits per heavy atom. The quantitative estimate of drug-likeness (QED) is 0.819. The summed E-state index contributed by atoms with van der Waals surface area (Å²) in [5.74, 6) is 1.95. The lowest BCUT2D eigenvalue weighted by Gasteiger charge is -2.35. The molecule has 1 atom stereocenters. The zero-order valence-corrected chi connectivity index (χ0v) is 12.2. The van der Waals surface area contributed by atoms with Gasteiger partial charge in [-0.3, -0.25) is 4.99 Å². The molecule has 1 fully saturated rings. The fourth-order valence-corrected chi connectivity index (χ4v) is 2.66. The largest absolute Gasteiger partial charge is 0.362 e. The first kappa shape index (κ1) is 13.9. The summed E-state index contributed by atoms with van der Waals surface area (Å²) < 4.78 is 0. The zero-order valence-electron chi connectivity index (χ0n) is 11.3. The molecule has 2 nitrogen and oxygen atoms in total. The molecule has 0 aromatic rings. The molecule has 16 heavy (non-hydrogen) atoms. The van der Waals surface area contributed by atoms with Crippen LogP contribution in [0.1, 0.15) is 47.5 Å². The molecule has 1 N–H and O–H groups in total. The molecule has 1 aliphatic heterocycles. The third-order valence-electron chi connectivity index (χ3n) is 2.95. The first-order valence-corrected chi connectivity index (χ1v) is 7.32. The molecule has 1 unspecified atom stereocenters. The van der Waals surface area contributed by atoms with E-state index in [-0.39, 0.29) is 0 Å². The number of aliphatic imine (C=N–C) groups is 1. The van der Waals surface area contributed by atoms with Gasteiger partial charge in [0.2, 0.25) is 0 Å². The average molecular weight is 242 g/mol. The summed E-state index contributed by atoms with van der Waals surface area (Å²) >= 11 is 1.87. The van der Waals surface area contributed by atoms with E-state index in [9.17, 15) is 0 Å². The Labute approximate surface area is 105 Å². The second kappa shape index (κ2) is 5.95. The molecular formula is C13H26N2S. The first-order chi connectivity index (χ1) is 7.39. The van der Waals surface area contributed by atoms with Crippen molar-refractivity contribution in [3.05, 3.63) is 0 Å². The number of nitrogens with zero attached hydrogens (tertiary/aromatic N) is 1. The zero-order chi connectivity index (χ0) is 12.2. The van der Waals surface area contributed by atoms with Crippen LogP contribution in [0.4, 0.5) is 0 Å². The lowest BCUT2D eigenvalue weighted by molar-refractivity contribution is 0.290. The van der Waals surface area contributed by atoms with E-state index in [1.165, 1.54) is 18.6 Å². The van der Waals surface area contributed by atoms with Gasteiger partial charge in [-0.25, -0.2) is 0 Å². The lowest BCUT2D eigenvalue weighted by atomic mass is 9.85. The fraction of sp³-hybridized carbons (Fsp3) is 0.923. The van der Waals surface area contributed by atoms with Gasteiger partial charge in [0.15, 0.2) is 5.17 Å².